The van der Waals surface area contributed by atoms with Crippen LogP contribution >= 0.6 is 0 Å². The lowest BCUT2D eigenvalue weighted by Crippen LogP contribution is -2.33. The summed E-state index contributed by atoms with van der Waals surface area (Å²) in [6.45, 7) is 1.10. The van der Waals surface area contributed by atoms with Crippen LogP contribution in [-0.4, -0.2) is 28.9 Å². The molecule has 0 spiro atoms. The molecule has 0 N–H and O–H groups in total. The first-order valence-electron chi connectivity index (χ1n) is 7.76. The summed E-state index contributed by atoms with van der Waals surface area (Å²) in [6, 6.07) is 13.9. The Kier molecular flexibility index (Phi) is 3.61. The molecule has 3 aromatic rings. The monoisotopic (exact) mass is 322 g/mol. The number of nitrogens with zero attached hydrogens (tertiary/aromatic N) is 2. The molecule has 24 heavy (non-hydrogen) atoms. The van der Waals surface area contributed by atoms with Crippen LogP contribution < -0.4 is 4.74 Å². The van der Waals surface area contributed by atoms with Crippen molar-refractivity contribution in [3.8, 4) is 5.75 Å². The first-order valence-corrected chi connectivity index (χ1v) is 7.76. The molecule has 120 valence electrons. The Morgan fingerprint density at radius 1 is 1.17 bits per heavy atom. The van der Waals surface area contributed by atoms with Crippen LogP contribution in [0.25, 0.3) is 10.8 Å². The van der Waals surface area contributed by atoms with Crippen LogP contribution in [0.3, 0.4) is 0 Å². The Bertz CT molecular complexity index is 921. The van der Waals surface area contributed by atoms with Gasteiger partial charge in [-0.25, -0.2) is 4.39 Å². The second-order valence-corrected chi connectivity index (χ2v) is 5.71. The van der Waals surface area contributed by atoms with E-state index >= 15 is 0 Å². The van der Waals surface area contributed by atoms with Gasteiger partial charge in [-0.05, 0) is 29.7 Å². The molecule has 1 aromatic heterocycles. The smallest absolute Gasteiger partial charge is 0.273 e. The zero-order chi connectivity index (χ0) is 16.5. The molecule has 0 radical (unpaired) electrons. The van der Waals surface area contributed by atoms with Crippen LogP contribution in [0.1, 0.15) is 16.1 Å². The van der Waals surface area contributed by atoms with Crippen LogP contribution in [0, 0.1) is 5.82 Å². The van der Waals surface area contributed by atoms with Crippen molar-refractivity contribution in [2.75, 3.05) is 13.2 Å². The fourth-order valence-corrected chi connectivity index (χ4v) is 2.98. The van der Waals surface area contributed by atoms with Gasteiger partial charge in [0, 0.05) is 23.7 Å². The summed E-state index contributed by atoms with van der Waals surface area (Å²) in [5.74, 6) is 0.111. The molecule has 2 aromatic carbocycles. The molecule has 2 heterocycles. The van der Waals surface area contributed by atoms with Crippen molar-refractivity contribution in [2.24, 2.45) is 0 Å². The third-order valence-electron chi connectivity index (χ3n) is 4.17. The Morgan fingerprint density at radius 3 is 2.96 bits per heavy atom. The summed E-state index contributed by atoms with van der Waals surface area (Å²) in [4.78, 5) is 18.9. The quantitative estimate of drug-likeness (QED) is 0.689. The van der Waals surface area contributed by atoms with Crippen molar-refractivity contribution < 1.29 is 13.9 Å². The molecule has 0 aliphatic carbocycles. The van der Waals surface area contributed by atoms with E-state index in [1.54, 1.807) is 17.2 Å². The Hall–Kier alpha value is -2.95. The highest BCUT2D eigenvalue weighted by Gasteiger charge is 2.23. The lowest BCUT2D eigenvalue weighted by molar-refractivity contribution is 0.0729. The number of fused-ring (bicyclic) bond motifs is 2. The molecule has 0 saturated heterocycles. The van der Waals surface area contributed by atoms with Gasteiger partial charge in [-0.2, -0.15) is 0 Å². The van der Waals surface area contributed by atoms with E-state index in [0.29, 0.717) is 36.7 Å². The molecule has 5 heteroatoms. The number of ether oxygens (including phenoxy) is 1. The van der Waals surface area contributed by atoms with Crippen molar-refractivity contribution in [3.63, 3.8) is 0 Å². The van der Waals surface area contributed by atoms with Crippen molar-refractivity contribution in [3.05, 3.63) is 71.8 Å². The average molecular weight is 322 g/mol. The van der Waals surface area contributed by atoms with Crippen molar-refractivity contribution in [1.82, 2.24) is 9.88 Å². The molecule has 1 aliphatic rings. The number of aromatic nitrogens is 1. The van der Waals surface area contributed by atoms with Crippen LogP contribution in [0.2, 0.25) is 0 Å². The molecule has 0 saturated carbocycles. The number of amides is 1. The maximum atomic E-state index is 13.5. The number of carbonyl (C=O) groups excluding carboxylic acids is 1. The summed E-state index contributed by atoms with van der Waals surface area (Å²) in [5, 5.41) is 1.78. The van der Waals surface area contributed by atoms with Gasteiger partial charge in [-0.1, -0.05) is 24.3 Å². The Morgan fingerprint density at radius 2 is 2.04 bits per heavy atom. The fourth-order valence-electron chi connectivity index (χ4n) is 2.98. The van der Waals surface area contributed by atoms with E-state index in [0.717, 1.165) is 10.8 Å². The topological polar surface area (TPSA) is 42.4 Å². The molecule has 0 unspecified atom stereocenters. The number of hydrogen-bond donors (Lipinski definition) is 0. The summed E-state index contributed by atoms with van der Waals surface area (Å²) < 4.78 is 19.1. The molecule has 0 atom stereocenters. The summed E-state index contributed by atoms with van der Waals surface area (Å²) >= 11 is 0. The lowest BCUT2D eigenvalue weighted by Gasteiger charge is -2.20. The molecule has 4 nitrogen and oxygen atoms in total. The third kappa shape index (κ3) is 2.58. The minimum Gasteiger partial charge on any atom is -0.491 e. The third-order valence-corrected chi connectivity index (χ3v) is 4.17. The van der Waals surface area contributed by atoms with Gasteiger partial charge in [0.15, 0.2) is 0 Å². The second-order valence-electron chi connectivity index (χ2n) is 5.71. The molecule has 1 aliphatic heterocycles. The largest absolute Gasteiger partial charge is 0.491 e. The van der Waals surface area contributed by atoms with Crippen LogP contribution in [0.5, 0.6) is 5.75 Å². The zero-order valence-electron chi connectivity index (χ0n) is 12.9. The predicted octanol–water partition coefficient (Wildman–Crippen LogP) is 3.41. The first-order chi connectivity index (χ1) is 11.7. The van der Waals surface area contributed by atoms with Crippen LogP contribution in [-0.2, 0) is 6.54 Å². The van der Waals surface area contributed by atoms with Crippen LogP contribution in [0.15, 0.2) is 54.7 Å². The maximum Gasteiger partial charge on any atom is 0.273 e. The minimum atomic E-state index is -0.338. The van der Waals surface area contributed by atoms with E-state index < -0.39 is 0 Å². The van der Waals surface area contributed by atoms with Crippen molar-refractivity contribution in [2.45, 2.75) is 6.54 Å². The number of benzene rings is 2. The highest BCUT2D eigenvalue weighted by atomic mass is 19.1. The second kappa shape index (κ2) is 5.92. The highest BCUT2D eigenvalue weighted by Crippen LogP contribution is 2.25. The molecule has 4 rings (SSSR count). The van der Waals surface area contributed by atoms with Gasteiger partial charge in [-0.15, -0.1) is 0 Å². The SMILES string of the molecule is O=C(c1nccc2ccccc12)N1CCOc2ccc(F)cc2C1. The van der Waals surface area contributed by atoms with E-state index in [2.05, 4.69) is 4.98 Å². The number of carbonyl (C=O) groups is 1. The first kappa shape index (κ1) is 14.6. The van der Waals surface area contributed by atoms with E-state index in [1.165, 1.54) is 12.1 Å². The molecular formula is C19H15FN2O2. The normalized spacial score (nSPS) is 14.0. The summed E-state index contributed by atoms with van der Waals surface area (Å²) in [6.07, 6.45) is 1.64. The van der Waals surface area contributed by atoms with Gasteiger partial charge in [0.2, 0.25) is 0 Å². The fraction of sp³-hybridized carbons (Fsp3) is 0.158. The average Bonchev–Trinajstić information content (AvgIpc) is 2.82. The van der Waals surface area contributed by atoms with E-state index in [-0.39, 0.29) is 11.7 Å². The molecular weight excluding hydrogens is 307 g/mol. The summed E-state index contributed by atoms with van der Waals surface area (Å²) in [5.41, 5.74) is 1.08. The number of halogens is 1. The van der Waals surface area contributed by atoms with Gasteiger partial charge in [-0.3, -0.25) is 9.78 Å². The number of rotatable bonds is 1. The van der Waals surface area contributed by atoms with Crippen molar-refractivity contribution in [1.29, 1.82) is 0 Å². The maximum absolute atomic E-state index is 13.5. The zero-order valence-corrected chi connectivity index (χ0v) is 12.9. The molecule has 1 amide bonds. The Labute approximate surface area is 138 Å². The summed E-state index contributed by atoms with van der Waals surface area (Å²) in [7, 11) is 0. The van der Waals surface area contributed by atoms with Gasteiger partial charge < -0.3 is 9.64 Å². The standard InChI is InChI=1S/C19H15FN2O2/c20-15-5-6-17-14(11-15)12-22(9-10-24-17)19(23)18-16-4-2-1-3-13(16)7-8-21-18/h1-8,11H,9-10,12H2. The molecule has 0 fully saturated rings. The van der Waals surface area contributed by atoms with Gasteiger partial charge in [0.05, 0.1) is 6.54 Å². The Balaban J connectivity index is 1.71. The van der Waals surface area contributed by atoms with Gasteiger partial charge >= 0.3 is 0 Å². The number of hydrogen-bond acceptors (Lipinski definition) is 3. The highest BCUT2D eigenvalue weighted by molar-refractivity contribution is 6.05. The lowest BCUT2D eigenvalue weighted by atomic mass is 10.1. The van der Waals surface area contributed by atoms with Gasteiger partial charge in [0.25, 0.3) is 5.91 Å². The van der Waals surface area contributed by atoms with E-state index in [9.17, 15) is 9.18 Å². The van der Waals surface area contributed by atoms with E-state index in [4.69, 9.17) is 4.74 Å². The van der Waals surface area contributed by atoms with Gasteiger partial charge in [0.1, 0.15) is 23.9 Å². The molecule has 0 bridgehead atoms. The number of pyridine rings is 1. The van der Waals surface area contributed by atoms with Crippen LogP contribution in [0.4, 0.5) is 4.39 Å². The van der Waals surface area contributed by atoms with E-state index in [1.807, 2.05) is 30.3 Å². The minimum absolute atomic E-state index is 0.174. The van der Waals surface area contributed by atoms with Crippen molar-refractivity contribution >= 4 is 16.7 Å². The predicted molar refractivity (Wildman–Crippen MR) is 88.4 cm³/mol.